The average molecular weight is 234 g/mol. The van der Waals surface area contributed by atoms with Gasteiger partial charge in [0, 0.05) is 24.8 Å². The van der Waals surface area contributed by atoms with Crippen molar-refractivity contribution < 1.29 is 0 Å². The zero-order chi connectivity index (χ0) is 12.3. The molecule has 0 N–H and O–H groups in total. The van der Waals surface area contributed by atoms with Gasteiger partial charge in [-0.2, -0.15) is 0 Å². The highest BCUT2D eigenvalue weighted by atomic mass is 15.4. The Bertz CT molecular complexity index is 725. The van der Waals surface area contributed by atoms with Crippen molar-refractivity contribution in [1.29, 1.82) is 0 Å². The Morgan fingerprint density at radius 2 is 1.89 bits per heavy atom. The van der Waals surface area contributed by atoms with E-state index in [2.05, 4.69) is 72.6 Å². The van der Waals surface area contributed by atoms with Crippen molar-refractivity contribution in [2.45, 2.75) is 6.92 Å². The number of rotatable bonds is 0. The molecule has 0 saturated heterocycles. The fourth-order valence-electron chi connectivity index (χ4n) is 2.91. The van der Waals surface area contributed by atoms with E-state index in [-0.39, 0.29) is 0 Å². The Labute approximate surface area is 106 Å². The van der Waals surface area contributed by atoms with Crippen LogP contribution in [0.25, 0.3) is 16.8 Å². The summed E-state index contributed by atoms with van der Waals surface area (Å²) < 4.78 is 0. The van der Waals surface area contributed by atoms with Crippen LogP contribution in [0, 0.1) is 6.92 Å². The van der Waals surface area contributed by atoms with Crippen LogP contribution in [-0.2, 0) is 0 Å². The third-order valence-electron chi connectivity index (χ3n) is 3.83. The Kier molecular flexibility index (Phi) is 1.72. The van der Waals surface area contributed by atoms with E-state index in [0.29, 0.717) is 0 Å². The molecule has 2 aromatic rings. The molecule has 2 nitrogen and oxygen atoms in total. The third kappa shape index (κ3) is 1.07. The smallest absolute Gasteiger partial charge is 0.117 e. The van der Waals surface area contributed by atoms with Gasteiger partial charge in [0.05, 0.1) is 5.69 Å². The Morgan fingerprint density at radius 3 is 2.78 bits per heavy atom. The topological polar surface area (TPSA) is 6.48 Å². The van der Waals surface area contributed by atoms with E-state index < -0.39 is 0 Å². The van der Waals surface area contributed by atoms with Gasteiger partial charge in [-0.1, -0.05) is 30.3 Å². The van der Waals surface area contributed by atoms with E-state index in [1.54, 1.807) is 0 Å². The lowest BCUT2D eigenvalue weighted by Gasteiger charge is -2.29. The molecule has 2 aliphatic heterocycles. The molecule has 0 atom stereocenters. The molecular weight excluding hydrogens is 220 g/mol. The second-order valence-electron chi connectivity index (χ2n) is 4.96. The standard InChI is InChI=1S/C16H14N2/c1-11-6-7-12-4-3-5-13-10-14-17(2)8-9-18(14)16(11)15(12)13/h3-10H,1-2H3. The van der Waals surface area contributed by atoms with Gasteiger partial charge in [-0.25, -0.2) is 0 Å². The van der Waals surface area contributed by atoms with Crippen LogP contribution in [-0.4, -0.2) is 11.9 Å². The normalized spacial score (nSPS) is 16.2. The van der Waals surface area contributed by atoms with E-state index in [4.69, 9.17) is 0 Å². The third-order valence-corrected chi connectivity index (χ3v) is 3.83. The number of hydrogen-bond acceptors (Lipinski definition) is 2. The maximum absolute atomic E-state index is 2.28. The highest BCUT2D eigenvalue weighted by Gasteiger charge is 2.26. The van der Waals surface area contributed by atoms with Gasteiger partial charge in [0.15, 0.2) is 0 Å². The number of nitrogens with zero attached hydrogens (tertiary/aromatic N) is 2. The van der Waals surface area contributed by atoms with Crippen molar-refractivity contribution in [2.75, 3.05) is 11.9 Å². The van der Waals surface area contributed by atoms with Crippen LogP contribution in [0.5, 0.6) is 0 Å². The molecule has 88 valence electrons. The molecule has 0 bridgehead atoms. The van der Waals surface area contributed by atoms with Crippen molar-refractivity contribution in [1.82, 2.24) is 4.90 Å². The minimum Gasteiger partial charge on any atom is -0.336 e. The molecule has 0 spiro atoms. The lowest BCUT2D eigenvalue weighted by atomic mass is 9.96. The molecule has 0 radical (unpaired) electrons. The van der Waals surface area contributed by atoms with Gasteiger partial charge in [-0.15, -0.1) is 0 Å². The van der Waals surface area contributed by atoms with Crippen LogP contribution in [0.1, 0.15) is 11.1 Å². The average Bonchev–Trinajstić information content (AvgIpc) is 2.75. The maximum atomic E-state index is 2.28. The molecule has 2 aromatic carbocycles. The van der Waals surface area contributed by atoms with Gasteiger partial charge in [0.1, 0.15) is 5.82 Å². The number of benzene rings is 2. The predicted octanol–water partition coefficient (Wildman–Crippen LogP) is 3.68. The van der Waals surface area contributed by atoms with Gasteiger partial charge in [0.25, 0.3) is 0 Å². The number of aryl methyl sites for hydroxylation is 1. The highest BCUT2D eigenvalue weighted by Crippen LogP contribution is 2.42. The summed E-state index contributed by atoms with van der Waals surface area (Å²) in [6.45, 7) is 2.18. The lowest BCUT2D eigenvalue weighted by Crippen LogP contribution is -2.22. The second kappa shape index (κ2) is 3.16. The number of anilines is 1. The molecule has 0 saturated carbocycles. The minimum absolute atomic E-state index is 1.23. The van der Waals surface area contributed by atoms with Crippen molar-refractivity contribution >= 4 is 22.5 Å². The van der Waals surface area contributed by atoms with Gasteiger partial charge < -0.3 is 9.80 Å². The first-order valence-corrected chi connectivity index (χ1v) is 6.20. The van der Waals surface area contributed by atoms with Gasteiger partial charge in [-0.05, 0) is 29.5 Å². The molecule has 0 aliphatic carbocycles. The zero-order valence-corrected chi connectivity index (χ0v) is 10.5. The zero-order valence-electron chi connectivity index (χ0n) is 10.5. The largest absolute Gasteiger partial charge is 0.336 e. The lowest BCUT2D eigenvalue weighted by molar-refractivity contribution is 0.589. The molecule has 0 amide bonds. The van der Waals surface area contributed by atoms with Crippen molar-refractivity contribution in [3.05, 3.63) is 59.7 Å². The van der Waals surface area contributed by atoms with Crippen molar-refractivity contribution in [3.63, 3.8) is 0 Å². The fraction of sp³-hybridized carbons (Fsp3) is 0.125. The summed E-state index contributed by atoms with van der Waals surface area (Å²) in [7, 11) is 2.09. The van der Waals surface area contributed by atoms with Crippen LogP contribution in [0.2, 0.25) is 0 Å². The van der Waals surface area contributed by atoms with Crippen molar-refractivity contribution in [3.8, 4) is 0 Å². The van der Waals surface area contributed by atoms with E-state index in [9.17, 15) is 0 Å². The number of fused-ring (bicyclic) bond motifs is 2. The SMILES string of the molecule is Cc1ccc2cccc3c2c1N1C=CN(C)C1=C3. The minimum atomic E-state index is 1.23. The Balaban J connectivity index is 2.17. The molecule has 2 heterocycles. The first-order chi connectivity index (χ1) is 8.75. The van der Waals surface area contributed by atoms with Crippen LogP contribution in [0.3, 0.4) is 0 Å². The Morgan fingerprint density at radius 1 is 1.00 bits per heavy atom. The summed E-state index contributed by atoms with van der Waals surface area (Å²) in [6.07, 6.45) is 6.51. The monoisotopic (exact) mass is 234 g/mol. The molecule has 2 heteroatoms. The summed E-state index contributed by atoms with van der Waals surface area (Å²) in [5, 5.41) is 2.67. The second-order valence-corrected chi connectivity index (χ2v) is 4.96. The summed E-state index contributed by atoms with van der Waals surface area (Å²) in [5.41, 5.74) is 3.95. The van der Waals surface area contributed by atoms with Crippen LogP contribution in [0.4, 0.5) is 5.69 Å². The summed E-state index contributed by atoms with van der Waals surface area (Å²) in [5.74, 6) is 1.23. The van der Waals surface area contributed by atoms with Crippen LogP contribution < -0.4 is 4.90 Å². The summed E-state index contributed by atoms with van der Waals surface area (Å²) >= 11 is 0. The van der Waals surface area contributed by atoms with E-state index in [1.165, 1.54) is 33.4 Å². The quantitative estimate of drug-likeness (QED) is 0.686. The molecule has 0 aromatic heterocycles. The Hall–Kier alpha value is -2.22. The van der Waals surface area contributed by atoms with E-state index in [0.717, 1.165) is 0 Å². The molecule has 4 rings (SSSR count). The van der Waals surface area contributed by atoms with Gasteiger partial charge >= 0.3 is 0 Å². The van der Waals surface area contributed by atoms with E-state index in [1.807, 2.05) is 0 Å². The van der Waals surface area contributed by atoms with Crippen LogP contribution >= 0.6 is 0 Å². The van der Waals surface area contributed by atoms with Crippen molar-refractivity contribution in [2.24, 2.45) is 0 Å². The molecule has 0 fully saturated rings. The number of hydrogen-bond donors (Lipinski definition) is 0. The van der Waals surface area contributed by atoms with E-state index >= 15 is 0 Å². The first-order valence-electron chi connectivity index (χ1n) is 6.20. The van der Waals surface area contributed by atoms with Gasteiger partial charge in [-0.3, -0.25) is 0 Å². The molecule has 0 unspecified atom stereocenters. The molecule has 18 heavy (non-hydrogen) atoms. The fourth-order valence-corrected chi connectivity index (χ4v) is 2.91. The molecule has 2 aliphatic rings. The highest BCUT2D eigenvalue weighted by molar-refractivity contribution is 6.05. The van der Waals surface area contributed by atoms with Crippen LogP contribution in [0.15, 0.2) is 48.6 Å². The summed E-state index contributed by atoms with van der Waals surface area (Å²) in [4.78, 5) is 4.44. The molecular formula is C16H14N2. The summed E-state index contributed by atoms with van der Waals surface area (Å²) in [6, 6.07) is 10.9. The van der Waals surface area contributed by atoms with Gasteiger partial charge in [0.2, 0.25) is 0 Å². The predicted molar refractivity (Wildman–Crippen MR) is 76.0 cm³/mol. The first kappa shape index (κ1) is 9.77. The maximum Gasteiger partial charge on any atom is 0.117 e.